The van der Waals surface area contributed by atoms with Gasteiger partial charge in [0, 0.05) is 17.4 Å². The van der Waals surface area contributed by atoms with E-state index in [1.54, 1.807) is 18.4 Å². The normalized spacial score (nSPS) is 19.1. The molecule has 0 aliphatic heterocycles. The lowest BCUT2D eigenvalue weighted by molar-refractivity contribution is -0.0348. The Kier molecular flexibility index (Phi) is 3.98. The van der Waals surface area contributed by atoms with Crippen LogP contribution < -0.4 is 0 Å². The highest BCUT2D eigenvalue weighted by atomic mass is 35.5. The quantitative estimate of drug-likeness (QED) is 0.587. The molecule has 1 saturated carbocycles. The number of thiophene rings is 1. The van der Waals surface area contributed by atoms with E-state index < -0.39 is 0 Å². The Morgan fingerprint density at radius 2 is 1.90 bits per heavy atom. The van der Waals surface area contributed by atoms with E-state index in [4.69, 9.17) is 21.3 Å². The molecule has 20 heavy (non-hydrogen) atoms. The Labute approximate surface area is 128 Å². The Hall–Kier alpha value is -0.710. The lowest BCUT2D eigenvalue weighted by Crippen LogP contribution is -2.30. The first-order chi connectivity index (χ1) is 9.64. The van der Waals surface area contributed by atoms with Gasteiger partial charge >= 0.3 is 0 Å². The van der Waals surface area contributed by atoms with Crippen molar-refractivity contribution in [2.45, 2.75) is 51.0 Å². The van der Waals surface area contributed by atoms with E-state index in [0.29, 0.717) is 5.15 Å². The molecule has 0 spiro atoms. The van der Waals surface area contributed by atoms with Gasteiger partial charge in [0.05, 0.1) is 0 Å². The molecule has 0 atom stereocenters. The van der Waals surface area contributed by atoms with E-state index in [9.17, 15) is 0 Å². The Bertz CT molecular complexity index is 618. The summed E-state index contributed by atoms with van der Waals surface area (Å²) in [6, 6.07) is 2.05. The molecule has 2 aromatic heterocycles. The Balaban J connectivity index is 2.11. The molecule has 0 saturated heterocycles. The van der Waals surface area contributed by atoms with Crippen LogP contribution in [0.4, 0.5) is 0 Å². The van der Waals surface area contributed by atoms with Crippen LogP contribution in [0.15, 0.2) is 6.07 Å². The summed E-state index contributed by atoms with van der Waals surface area (Å²) in [7, 11) is 1.77. The number of fused-ring (bicyclic) bond motifs is 1. The first kappa shape index (κ1) is 14.2. The molecule has 1 aliphatic carbocycles. The summed E-state index contributed by atoms with van der Waals surface area (Å²) in [6.07, 6.45) is 6.82. The average molecular weight is 311 g/mol. The fourth-order valence-corrected chi connectivity index (χ4v) is 4.19. The smallest absolute Gasteiger partial charge is 0.163 e. The van der Waals surface area contributed by atoms with Crippen LogP contribution in [0, 0.1) is 6.92 Å². The lowest BCUT2D eigenvalue weighted by atomic mass is 9.93. The molecular formula is C15H19ClN2OS. The number of nitrogens with zero attached hydrogens (tertiary/aromatic N) is 2. The molecule has 108 valence electrons. The highest BCUT2D eigenvalue weighted by Gasteiger charge is 2.36. The van der Waals surface area contributed by atoms with Crippen molar-refractivity contribution in [2.24, 2.45) is 0 Å². The second-order valence-electron chi connectivity index (χ2n) is 5.53. The highest BCUT2D eigenvalue weighted by Crippen LogP contribution is 2.39. The van der Waals surface area contributed by atoms with E-state index in [1.165, 1.54) is 17.7 Å². The van der Waals surface area contributed by atoms with Gasteiger partial charge in [-0.2, -0.15) is 0 Å². The van der Waals surface area contributed by atoms with Crippen LogP contribution in [0.3, 0.4) is 0 Å². The first-order valence-electron chi connectivity index (χ1n) is 7.14. The van der Waals surface area contributed by atoms with Crippen molar-refractivity contribution >= 4 is 33.2 Å². The van der Waals surface area contributed by atoms with E-state index in [0.717, 1.165) is 41.7 Å². The molecule has 0 bridgehead atoms. The molecule has 0 unspecified atom stereocenters. The number of aromatic nitrogens is 2. The van der Waals surface area contributed by atoms with Gasteiger partial charge in [0.1, 0.15) is 15.6 Å². The van der Waals surface area contributed by atoms with Crippen LogP contribution in [-0.4, -0.2) is 17.1 Å². The maximum Gasteiger partial charge on any atom is 0.163 e. The third-order valence-corrected chi connectivity index (χ3v) is 5.41. The Morgan fingerprint density at radius 1 is 1.20 bits per heavy atom. The van der Waals surface area contributed by atoms with Crippen LogP contribution in [0.1, 0.15) is 49.2 Å². The molecular weight excluding hydrogens is 292 g/mol. The molecule has 0 radical (unpaired) electrons. The second-order valence-corrected chi connectivity index (χ2v) is 7.12. The topological polar surface area (TPSA) is 35.0 Å². The summed E-state index contributed by atoms with van der Waals surface area (Å²) in [6.45, 7) is 2.07. The maximum absolute atomic E-state index is 6.35. The fraction of sp³-hybridized carbons (Fsp3) is 0.600. The highest BCUT2D eigenvalue weighted by molar-refractivity contribution is 7.18. The number of methoxy groups -OCH3 is 1. The van der Waals surface area contributed by atoms with Gasteiger partial charge in [-0.15, -0.1) is 11.3 Å². The van der Waals surface area contributed by atoms with Crippen molar-refractivity contribution in [3.63, 3.8) is 0 Å². The van der Waals surface area contributed by atoms with Crippen LogP contribution in [0.5, 0.6) is 0 Å². The van der Waals surface area contributed by atoms with E-state index >= 15 is 0 Å². The summed E-state index contributed by atoms with van der Waals surface area (Å²) in [5, 5.41) is 1.51. The summed E-state index contributed by atoms with van der Waals surface area (Å²) in [5.74, 6) is 0.765. The van der Waals surface area contributed by atoms with Gasteiger partial charge in [0.25, 0.3) is 0 Å². The molecule has 0 N–H and O–H groups in total. The van der Waals surface area contributed by atoms with E-state index in [-0.39, 0.29) is 5.60 Å². The lowest BCUT2D eigenvalue weighted by Gasteiger charge is -2.29. The van der Waals surface area contributed by atoms with Crippen LogP contribution in [0.2, 0.25) is 5.15 Å². The van der Waals surface area contributed by atoms with Crippen molar-refractivity contribution in [3.8, 4) is 0 Å². The summed E-state index contributed by atoms with van der Waals surface area (Å²) < 4.78 is 5.88. The average Bonchev–Trinajstić information content (AvgIpc) is 2.67. The molecule has 5 heteroatoms. The number of halogens is 1. The molecule has 2 heterocycles. The van der Waals surface area contributed by atoms with Crippen molar-refractivity contribution in [2.75, 3.05) is 7.11 Å². The zero-order valence-corrected chi connectivity index (χ0v) is 13.5. The van der Waals surface area contributed by atoms with Gasteiger partial charge in [0.15, 0.2) is 5.82 Å². The van der Waals surface area contributed by atoms with Gasteiger partial charge in [-0.1, -0.05) is 37.3 Å². The maximum atomic E-state index is 6.35. The summed E-state index contributed by atoms with van der Waals surface area (Å²) >= 11 is 8.02. The molecule has 0 aromatic carbocycles. The zero-order chi connectivity index (χ0) is 14.2. The standard InChI is InChI=1S/C15H19ClN2OS/c1-10-9-11-12(16)17-14(18-13(11)20-10)15(19-2)7-5-3-4-6-8-15/h9H,3-8H2,1-2H3. The minimum Gasteiger partial charge on any atom is -0.370 e. The molecule has 3 rings (SSSR count). The number of aryl methyl sites for hydroxylation is 1. The number of hydrogen-bond donors (Lipinski definition) is 0. The number of hydrogen-bond acceptors (Lipinski definition) is 4. The Morgan fingerprint density at radius 3 is 2.55 bits per heavy atom. The summed E-state index contributed by atoms with van der Waals surface area (Å²) in [4.78, 5) is 11.5. The van der Waals surface area contributed by atoms with Crippen molar-refractivity contribution in [1.82, 2.24) is 9.97 Å². The number of rotatable bonds is 2. The monoisotopic (exact) mass is 310 g/mol. The molecule has 2 aromatic rings. The van der Waals surface area contributed by atoms with Crippen molar-refractivity contribution in [1.29, 1.82) is 0 Å². The third kappa shape index (κ3) is 2.45. The first-order valence-corrected chi connectivity index (χ1v) is 8.33. The third-order valence-electron chi connectivity index (χ3n) is 4.18. The molecule has 1 fully saturated rings. The van der Waals surface area contributed by atoms with Gasteiger partial charge in [-0.3, -0.25) is 0 Å². The van der Waals surface area contributed by atoms with Crippen LogP contribution in [0.25, 0.3) is 10.2 Å². The minimum absolute atomic E-state index is 0.355. The van der Waals surface area contributed by atoms with Gasteiger partial charge < -0.3 is 4.74 Å². The van der Waals surface area contributed by atoms with E-state index in [1.807, 2.05) is 0 Å². The predicted molar refractivity (Wildman–Crippen MR) is 83.6 cm³/mol. The van der Waals surface area contributed by atoms with Crippen LogP contribution >= 0.6 is 22.9 Å². The van der Waals surface area contributed by atoms with Gasteiger partial charge in [0.2, 0.25) is 0 Å². The SMILES string of the molecule is COC1(c2nc(Cl)c3cc(C)sc3n2)CCCCCC1. The van der Waals surface area contributed by atoms with Gasteiger partial charge in [-0.05, 0) is 25.8 Å². The molecule has 3 nitrogen and oxygen atoms in total. The van der Waals surface area contributed by atoms with Gasteiger partial charge in [-0.25, -0.2) is 9.97 Å². The molecule has 1 aliphatic rings. The molecule has 0 amide bonds. The van der Waals surface area contributed by atoms with E-state index in [2.05, 4.69) is 18.0 Å². The second kappa shape index (κ2) is 5.58. The largest absolute Gasteiger partial charge is 0.370 e. The fourth-order valence-electron chi connectivity index (χ4n) is 3.03. The number of ether oxygens (including phenoxy) is 1. The minimum atomic E-state index is -0.355. The zero-order valence-electron chi connectivity index (χ0n) is 11.9. The summed E-state index contributed by atoms with van der Waals surface area (Å²) in [5.41, 5.74) is -0.355. The van der Waals surface area contributed by atoms with Crippen molar-refractivity contribution < 1.29 is 4.74 Å². The van der Waals surface area contributed by atoms with Crippen molar-refractivity contribution in [3.05, 3.63) is 21.9 Å². The predicted octanol–water partition coefficient (Wildman–Crippen LogP) is 4.85. The van der Waals surface area contributed by atoms with Crippen LogP contribution in [-0.2, 0) is 10.3 Å².